The van der Waals surface area contributed by atoms with Crippen molar-refractivity contribution in [2.75, 3.05) is 0 Å². The van der Waals surface area contributed by atoms with Gasteiger partial charge in [0, 0.05) is 39.0 Å². The van der Waals surface area contributed by atoms with Crippen molar-refractivity contribution in [1.82, 2.24) is 19.1 Å². The van der Waals surface area contributed by atoms with Crippen molar-refractivity contribution < 1.29 is 4.74 Å². The molecule has 1 aliphatic heterocycles. The molecule has 10 rings (SSSR count). The average molecular weight is 708 g/mol. The Morgan fingerprint density at radius 2 is 1.52 bits per heavy atom. The predicted octanol–water partition coefficient (Wildman–Crippen LogP) is 11.5. The summed E-state index contributed by atoms with van der Waals surface area (Å²) in [5.41, 5.74) is 13.5. The summed E-state index contributed by atoms with van der Waals surface area (Å²) in [6, 6.07) is 35.7. The molecule has 54 heavy (non-hydrogen) atoms. The molecule has 0 saturated carbocycles. The van der Waals surface area contributed by atoms with Crippen LogP contribution in [0.15, 0.2) is 108 Å². The predicted molar refractivity (Wildman–Crippen MR) is 222 cm³/mol. The number of aromatic nitrogens is 4. The second-order valence-electron chi connectivity index (χ2n) is 16.3. The van der Waals surface area contributed by atoms with Gasteiger partial charge in [-0.15, -0.1) is 0 Å². The first kappa shape index (κ1) is 32.9. The van der Waals surface area contributed by atoms with Crippen LogP contribution in [0.1, 0.15) is 85.7 Å². The van der Waals surface area contributed by atoms with Crippen LogP contribution in [0.4, 0.5) is 0 Å². The monoisotopic (exact) mass is 707 g/mol. The molecule has 5 heterocycles. The molecule has 2 atom stereocenters. The Kier molecular flexibility index (Phi) is 7.07. The zero-order valence-corrected chi connectivity index (χ0v) is 32.2. The van der Waals surface area contributed by atoms with Crippen molar-refractivity contribution >= 4 is 49.6 Å². The maximum Gasteiger partial charge on any atom is 0.219 e. The van der Waals surface area contributed by atoms with E-state index in [1.54, 1.807) is 0 Å². The van der Waals surface area contributed by atoms with Gasteiger partial charge in [0.25, 0.3) is 0 Å². The van der Waals surface area contributed by atoms with E-state index in [-0.39, 0.29) is 0 Å². The molecule has 0 radical (unpaired) electrons. The van der Waals surface area contributed by atoms with Crippen LogP contribution in [-0.4, -0.2) is 30.5 Å². The largest absolute Gasteiger partial charge is 0.464 e. The SMILES string of the molecule is Cc1ccc2c(c1)c1ccc(-n3c4ccc(C(C)C)cc4c4cccnc43)cc1n2-c1cc(C2=N[C@]3(C)CCCc4ccccc4[C@]3(C)O2)c(C)nc1C. The van der Waals surface area contributed by atoms with Crippen molar-refractivity contribution in [2.24, 2.45) is 4.99 Å². The highest BCUT2D eigenvalue weighted by Crippen LogP contribution is 2.51. The van der Waals surface area contributed by atoms with Crippen LogP contribution in [0, 0.1) is 20.8 Å². The Hall–Kier alpha value is -5.75. The lowest BCUT2D eigenvalue weighted by atomic mass is 9.76. The minimum absolute atomic E-state index is 0.391. The van der Waals surface area contributed by atoms with Crippen LogP contribution < -0.4 is 0 Å². The molecule has 0 spiro atoms. The van der Waals surface area contributed by atoms with E-state index >= 15 is 0 Å². The van der Waals surface area contributed by atoms with Gasteiger partial charge in [-0.3, -0.25) is 9.55 Å². The first-order valence-corrected chi connectivity index (χ1v) is 19.4. The molecule has 0 saturated heterocycles. The molecule has 4 aromatic heterocycles. The topological polar surface area (TPSA) is 57.2 Å². The third-order valence-corrected chi connectivity index (χ3v) is 12.5. The fourth-order valence-corrected chi connectivity index (χ4v) is 9.40. The normalized spacial score (nSPS) is 19.7. The number of fused-ring (bicyclic) bond motifs is 9. The van der Waals surface area contributed by atoms with E-state index in [1.807, 2.05) is 12.3 Å². The van der Waals surface area contributed by atoms with Crippen LogP contribution in [0.3, 0.4) is 0 Å². The highest BCUT2D eigenvalue weighted by molar-refractivity contribution is 6.12. The van der Waals surface area contributed by atoms with Crippen molar-refractivity contribution in [3.05, 3.63) is 142 Å². The summed E-state index contributed by atoms with van der Waals surface area (Å²) in [4.78, 5) is 15.6. The highest BCUT2D eigenvalue weighted by Gasteiger charge is 2.55. The Labute approximate surface area is 316 Å². The molecule has 0 fully saturated rings. The first-order chi connectivity index (χ1) is 26.0. The number of ether oxygens (including phenoxy) is 1. The van der Waals surface area contributed by atoms with Crippen LogP contribution in [0.5, 0.6) is 0 Å². The fraction of sp³-hybridized carbons (Fsp3) is 0.271. The Morgan fingerprint density at radius 3 is 2.37 bits per heavy atom. The van der Waals surface area contributed by atoms with E-state index in [0.717, 1.165) is 75.2 Å². The molecule has 268 valence electrons. The van der Waals surface area contributed by atoms with E-state index in [0.29, 0.717) is 11.8 Å². The number of aliphatic imine (C=N–C) groups is 1. The standard InChI is InChI=1S/C48H45N5O/c1-28(2)33-17-21-41-39(25-33)36-14-11-23-49-45(36)52(41)34-18-19-35-38-24-29(3)16-20-42(38)53(44(35)26-34)43-27-37(30(4)50-31(43)5)46-51-47(6)22-10-13-32-12-8-9-15-40(32)48(47,7)54-46/h8-9,11-12,14-21,23-28H,10,13,22H2,1-7H3/t47-,48+/m1/s1. The van der Waals surface area contributed by atoms with Gasteiger partial charge in [-0.25, -0.2) is 9.98 Å². The van der Waals surface area contributed by atoms with E-state index < -0.39 is 11.1 Å². The summed E-state index contributed by atoms with van der Waals surface area (Å²) < 4.78 is 11.8. The molecule has 6 heteroatoms. The van der Waals surface area contributed by atoms with Crippen LogP contribution >= 0.6 is 0 Å². The number of pyridine rings is 2. The van der Waals surface area contributed by atoms with Gasteiger partial charge in [-0.05, 0) is 126 Å². The molecular formula is C48H45N5O. The van der Waals surface area contributed by atoms with Gasteiger partial charge >= 0.3 is 0 Å². The highest BCUT2D eigenvalue weighted by atomic mass is 16.5. The van der Waals surface area contributed by atoms with Gasteiger partial charge in [0.1, 0.15) is 11.2 Å². The lowest BCUT2D eigenvalue weighted by Crippen LogP contribution is -2.43. The molecule has 6 nitrogen and oxygen atoms in total. The van der Waals surface area contributed by atoms with E-state index in [1.165, 1.54) is 38.4 Å². The summed E-state index contributed by atoms with van der Waals surface area (Å²) in [7, 11) is 0. The van der Waals surface area contributed by atoms with Crippen LogP contribution in [0.2, 0.25) is 0 Å². The molecule has 0 amide bonds. The molecule has 1 aliphatic carbocycles. The van der Waals surface area contributed by atoms with E-state index in [2.05, 4.69) is 149 Å². The van der Waals surface area contributed by atoms with Crippen molar-refractivity contribution in [1.29, 1.82) is 0 Å². The lowest BCUT2D eigenvalue weighted by molar-refractivity contribution is 0.0284. The quantitative estimate of drug-likeness (QED) is 0.183. The fourth-order valence-electron chi connectivity index (χ4n) is 9.40. The minimum atomic E-state index is -0.571. The molecular weight excluding hydrogens is 663 g/mol. The average Bonchev–Trinajstić information content (AvgIpc) is 3.73. The smallest absolute Gasteiger partial charge is 0.219 e. The number of hydrogen-bond acceptors (Lipinski definition) is 4. The second-order valence-corrected chi connectivity index (χ2v) is 16.3. The maximum atomic E-state index is 7.10. The number of benzene rings is 4. The molecule has 0 N–H and O–H groups in total. The van der Waals surface area contributed by atoms with Crippen molar-refractivity contribution in [2.45, 2.75) is 84.8 Å². The van der Waals surface area contributed by atoms with Crippen LogP contribution in [0.25, 0.3) is 55.1 Å². The van der Waals surface area contributed by atoms with E-state index in [4.69, 9.17) is 19.7 Å². The van der Waals surface area contributed by atoms with Gasteiger partial charge in [-0.1, -0.05) is 61.9 Å². The van der Waals surface area contributed by atoms with Crippen molar-refractivity contribution in [3.8, 4) is 11.4 Å². The first-order valence-electron chi connectivity index (χ1n) is 19.4. The number of aryl methyl sites for hydroxylation is 4. The number of hydrogen-bond donors (Lipinski definition) is 0. The molecule has 0 unspecified atom stereocenters. The zero-order chi connectivity index (χ0) is 37.1. The molecule has 2 aliphatic rings. The number of nitrogens with zero attached hydrogens (tertiary/aromatic N) is 5. The zero-order valence-electron chi connectivity index (χ0n) is 32.2. The summed E-state index contributed by atoms with van der Waals surface area (Å²) in [5.74, 6) is 1.12. The van der Waals surface area contributed by atoms with E-state index in [9.17, 15) is 0 Å². The molecule has 4 aromatic carbocycles. The minimum Gasteiger partial charge on any atom is -0.464 e. The molecule has 0 bridgehead atoms. The lowest BCUT2D eigenvalue weighted by Gasteiger charge is -2.37. The number of rotatable bonds is 4. The summed E-state index contributed by atoms with van der Waals surface area (Å²) in [6.07, 6.45) is 4.97. The molecule has 8 aromatic rings. The van der Waals surface area contributed by atoms with Crippen LogP contribution in [-0.2, 0) is 16.8 Å². The summed E-state index contributed by atoms with van der Waals surface area (Å²) in [5, 5.41) is 4.80. The Balaban J connectivity index is 1.19. The summed E-state index contributed by atoms with van der Waals surface area (Å²) >= 11 is 0. The Morgan fingerprint density at radius 1 is 0.722 bits per heavy atom. The van der Waals surface area contributed by atoms with Gasteiger partial charge in [0.15, 0.2) is 5.60 Å². The third kappa shape index (κ3) is 4.61. The van der Waals surface area contributed by atoms with Gasteiger partial charge < -0.3 is 9.30 Å². The Bertz CT molecular complexity index is 2890. The maximum absolute atomic E-state index is 7.10. The third-order valence-electron chi connectivity index (χ3n) is 12.5. The van der Waals surface area contributed by atoms with Crippen molar-refractivity contribution in [3.63, 3.8) is 0 Å². The van der Waals surface area contributed by atoms with Gasteiger partial charge in [0.05, 0.1) is 39.2 Å². The van der Waals surface area contributed by atoms with Gasteiger partial charge in [0.2, 0.25) is 5.90 Å². The summed E-state index contributed by atoms with van der Waals surface area (Å²) in [6.45, 7) is 15.4. The van der Waals surface area contributed by atoms with Gasteiger partial charge in [-0.2, -0.15) is 0 Å². The second kappa shape index (κ2) is 11.6.